The molecule has 0 saturated carbocycles. The van der Waals surface area contributed by atoms with Crippen LogP contribution in [0.3, 0.4) is 0 Å². The molecule has 1 aromatic rings. The van der Waals surface area contributed by atoms with Crippen LogP contribution >= 0.6 is 0 Å². The number of hydrogen-bond acceptors (Lipinski definition) is 2. The lowest BCUT2D eigenvalue weighted by Crippen LogP contribution is -2.29. The van der Waals surface area contributed by atoms with Crippen molar-refractivity contribution in [1.29, 1.82) is 0 Å². The topological polar surface area (TPSA) is 41.1 Å². The third kappa shape index (κ3) is 7.13. The normalized spacial score (nSPS) is 11.4. The van der Waals surface area contributed by atoms with Gasteiger partial charge < -0.3 is 10.6 Å². The Morgan fingerprint density at radius 2 is 1.90 bits per heavy atom. The number of carbonyl (C=O) groups is 1. The predicted octanol–water partition coefficient (Wildman–Crippen LogP) is 3.26. The van der Waals surface area contributed by atoms with Gasteiger partial charge in [-0.2, -0.15) is 13.2 Å². The maximum Gasteiger partial charge on any atom is 0.389 e. The molecule has 3 nitrogen and oxygen atoms in total. The summed E-state index contributed by atoms with van der Waals surface area (Å²) in [5.74, 6) is -0.199. The van der Waals surface area contributed by atoms with Crippen LogP contribution < -0.4 is 10.6 Å². The molecule has 0 saturated heterocycles. The van der Waals surface area contributed by atoms with E-state index in [9.17, 15) is 18.0 Å². The molecule has 0 bridgehead atoms. The van der Waals surface area contributed by atoms with Gasteiger partial charge in [0.05, 0.1) is 6.54 Å². The van der Waals surface area contributed by atoms with Crippen LogP contribution in [0.5, 0.6) is 0 Å². The minimum atomic E-state index is -4.10. The Morgan fingerprint density at radius 3 is 2.55 bits per heavy atom. The molecule has 6 heteroatoms. The summed E-state index contributed by atoms with van der Waals surface area (Å²) in [6, 6.07) is 7.40. The fraction of sp³-hybridized carbons (Fsp3) is 0.500. The summed E-state index contributed by atoms with van der Waals surface area (Å²) in [4.78, 5) is 11.6. The molecule has 1 aromatic carbocycles. The van der Waals surface area contributed by atoms with E-state index in [1.807, 2.05) is 25.1 Å². The van der Waals surface area contributed by atoms with Crippen molar-refractivity contribution in [3.05, 3.63) is 29.8 Å². The van der Waals surface area contributed by atoms with Crippen molar-refractivity contribution in [3.8, 4) is 0 Å². The maximum absolute atomic E-state index is 11.9. The first-order valence-electron chi connectivity index (χ1n) is 6.51. The van der Waals surface area contributed by atoms with Crippen molar-refractivity contribution >= 4 is 11.6 Å². The average molecular weight is 288 g/mol. The van der Waals surface area contributed by atoms with Crippen LogP contribution in [-0.2, 0) is 4.79 Å². The Balaban J connectivity index is 2.14. The minimum Gasteiger partial charge on any atom is -0.325 e. The predicted molar refractivity (Wildman–Crippen MR) is 72.6 cm³/mol. The van der Waals surface area contributed by atoms with Gasteiger partial charge in [-0.3, -0.25) is 4.79 Å². The highest BCUT2D eigenvalue weighted by atomic mass is 19.4. The number of nitrogens with one attached hydrogen (secondary N) is 2. The van der Waals surface area contributed by atoms with E-state index in [0.29, 0.717) is 13.0 Å². The van der Waals surface area contributed by atoms with E-state index in [1.54, 1.807) is 6.07 Å². The quantitative estimate of drug-likeness (QED) is 0.756. The van der Waals surface area contributed by atoms with Gasteiger partial charge in [-0.05, 0) is 37.9 Å². The molecule has 0 aliphatic heterocycles. The van der Waals surface area contributed by atoms with E-state index in [-0.39, 0.29) is 18.9 Å². The Kier molecular flexibility index (Phi) is 6.51. The molecule has 0 aliphatic rings. The first-order chi connectivity index (χ1) is 9.38. The van der Waals surface area contributed by atoms with Crippen LogP contribution in [0.4, 0.5) is 18.9 Å². The molecule has 112 valence electrons. The highest BCUT2D eigenvalue weighted by Crippen LogP contribution is 2.21. The lowest BCUT2D eigenvalue weighted by atomic mass is 10.2. The lowest BCUT2D eigenvalue weighted by Gasteiger charge is -2.09. The summed E-state index contributed by atoms with van der Waals surface area (Å²) < 4.78 is 35.7. The number of amides is 1. The molecule has 20 heavy (non-hydrogen) atoms. The summed E-state index contributed by atoms with van der Waals surface area (Å²) in [6.07, 6.45) is -4.39. The second-order valence-electron chi connectivity index (χ2n) is 4.61. The third-order valence-electron chi connectivity index (χ3n) is 2.77. The van der Waals surface area contributed by atoms with Crippen molar-refractivity contribution in [2.75, 3.05) is 18.4 Å². The standard InChI is InChI=1S/C14H19F3N2O/c1-11-6-2-3-7-12(11)19-13(20)10-18-9-5-4-8-14(15,16)17/h2-3,6-7,18H,4-5,8-10H2,1H3,(H,19,20). The van der Waals surface area contributed by atoms with Crippen LogP contribution in [0, 0.1) is 6.92 Å². The molecule has 0 fully saturated rings. The molecule has 0 heterocycles. The number of rotatable bonds is 7. The summed E-state index contributed by atoms with van der Waals surface area (Å²) >= 11 is 0. The zero-order valence-electron chi connectivity index (χ0n) is 11.4. The molecule has 0 spiro atoms. The Labute approximate surface area is 116 Å². The number of benzene rings is 1. The summed E-state index contributed by atoms with van der Waals surface area (Å²) in [7, 11) is 0. The number of alkyl halides is 3. The van der Waals surface area contributed by atoms with Crippen molar-refractivity contribution < 1.29 is 18.0 Å². The average Bonchev–Trinajstić information content (AvgIpc) is 2.35. The summed E-state index contributed by atoms with van der Waals surface area (Å²) in [5.41, 5.74) is 1.71. The second-order valence-corrected chi connectivity index (χ2v) is 4.61. The molecule has 1 rings (SSSR count). The van der Waals surface area contributed by atoms with Gasteiger partial charge >= 0.3 is 6.18 Å². The number of hydrogen-bond donors (Lipinski definition) is 2. The second kappa shape index (κ2) is 7.89. The fourth-order valence-electron chi connectivity index (χ4n) is 1.68. The van der Waals surface area contributed by atoms with Crippen molar-refractivity contribution in [1.82, 2.24) is 5.32 Å². The minimum absolute atomic E-state index is 0.0793. The Bertz CT molecular complexity index is 433. The highest BCUT2D eigenvalue weighted by Gasteiger charge is 2.25. The zero-order chi connectivity index (χ0) is 15.0. The zero-order valence-corrected chi connectivity index (χ0v) is 11.4. The molecular weight excluding hydrogens is 269 g/mol. The van der Waals surface area contributed by atoms with Gasteiger partial charge in [0.15, 0.2) is 0 Å². The monoisotopic (exact) mass is 288 g/mol. The molecular formula is C14H19F3N2O. The van der Waals surface area contributed by atoms with Crippen LogP contribution in [0.25, 0.3) is 0 Å². The number of carbonyl (C=O) groups excluding carboxylic acids is 1. The molecule has 0 aliphatic carbocycles. The van der Waals surface area contributed by atoms with Gasteiger partial charge in [0.1, 0.15) is 0 Å². The van der Waals surface area contributed by atoms with Crippen molar-refractivity contribution in [2.24, 2.45) is 0 Å². The Hall–Kier alpha value is -1.56. The Morgan fingerprint density at radius 1 is 1.20 bits per heavy atom. The number of unbranched alkanes of at least 4 members (excludes halogenated alkanes) is 1. The summed E-state index contributed by atoms with van der Waals surface area (Å²) in [6.45, 7) is 2.39. The van der Waals surface area contributed by atoms with Crippen molar-refractivity contribution in [2.45, 2.75) is 32.4 Å². The largest absolute Gasteiger partial charge is 0.389 e. The molecule has 0 aromatic heterocycles. The maximum atomic E-state index is 11.9. The van der Waals surface area contributed by atoms with Gasteiger partial charge in [-0.15, -0.1) is 0 Å². The summed E-state index contributed by atoms with van der Waals surface area (Å²) in [5, 5.41) is 5.58. The van der Waals surface area contributed by atoms with E-state index in [1.165, 1.54) is 0 Å². The third-order valence-corrected chi connectivity index (χ3v) is 2.77. The van der Waals surface area contributed by atoms with Gasteiger partial charge in [0.25, 0.3) is 0 Å². The van der Waals surface area contributed by atoms with Gasteiger partial charge in [0.2, 0.25) is 5.91 Å². The van der Waals surface area contributed by atoms with E-state index in [4.69, 9.17) is 0 Å². The number of halogens is 3. The van der Waals surface area contributed by atoms with Crippen LogP contribution in [0.2, 0.25) is 0 Å². The fourth-order valence-corrected chi connectivity index (χ4v) is 1.68. The van der Waals surface area contributed by atoms with Crippen LogP contribution in [0.1, 0.15) is 24.8 Å². The highest BCUT2D eigenvalue weighted by molar-refractivity contribution is 5.92. The van der Waals surface area contributed by atoms with Crippen LogP contribution in [-0.4, -0.2) is 25.2 Å². The number of para-hydroxylation sites is 1. The van der Waals surface area contributed by atoms with Gasteiger partial charge in [0, 0.05) is 12.1 Å². The van der Waals surface area contributed by atoms with Gasteiger partial charge in [-0.25, -0.2) is 0 Å². The van der Waals surface area contributed by atoms with Gasteiger partial charge in [-0.1, -0.05) is 18.2 Å². The van der Waals surface area contributed by atoms with E-state index >= 15 is 0 Å². The van der Waals surface area contributed by atoms with E-state index in [0.717, 1.165) is 11.3 Å². The molecule has 2 N–H and O–H groups in total. The van der Waals surface area contributed by atoms with E-state index < -0.39 is 12.6 Å². The number of aryl methyl sites for hydroxylation is 1. The SMILES string of the molecule is Cc1ccccc1NC(=O)CNCCCCC(F)(F)F. The smallest absolute Gasteiger partial charge is 0.325 e. The lowest BCUT2D eigenvalue weighted by molar-refractivity contribution is -0.135. The molecule has 0 unspecified atom stereocenters. The van der Waals surface area contributed by atoms with Crippen molar-refractivity contribution in [3.63, 3.8) is 0 Å². The molecule has 0 radical (unpaired) electrons. The molecule has 0 atom stereocenters. The first kappa shape index (κ1) is 16.5. The molecule has 1 amide bonds. The van der Waals surface area contributed by atoms with E-state index in [2.05, 4.69) is 10.6 Å². The van der Waals surface area contributed by atoms with Crippen LogP contribution in [0.15, 0.2) is 24.3 Å². The first-order valence-corrected chi connectivity index (χ1v) is 6.51. The number of anilines is 1.